The smallest absolute Gasteiger partial charge is 0.244 e. The average Bonchev–Trinajstić information content (AvgIpc) is 3.19. The second kappa shape index (κ2) is 6.26. The Labute approximate surface area is 124 Å². The molecule has 21 heavy (non-hydrogen) atoms. The Bertz CT molecular complexity index is 539. The monoisotopic (exact) mass is 289 g/mol. The highest BCUT2D eigenvalue weighted by atomic mass is 15.4. The summed E-state index contributed by atoms with van der Waals surface area (Å²) >= 11 is 0. The van der Waals surface area contributed by atoms with Crippen molar-refractivity contribution in [3.63, 3.8) is 0 Å². The van der Waals surface area contributed by atoms with Crippen LogP contribution in [-0.2, 0) is 0 Å². The van der Waals surface area contributed by atoms with Crippen LogP contribution in [0.25, 0.3) is 0 Å². The number of hydrogen-bond donors (Lipinski definition) is 2. The van der Waals surface area contributed by atoms with Crippen molar-refractivity contribution < 1.29 is 0 Å². The number of H-pyrrole nitrogens is 1. The molecule has 2 N–H and O–H groups in total. The lowest BCUT2D eigenvalue weighted by Crippen LogP contribution is -2.37. The summed E-state index contributed by atoms with van der Waals surface area (Å²) in [7, 11) is 2.02. The molecule has 0 spiro atoms. The van der Waals surface area contributed by atoms with Gasteiger partial charge in [-0.3, -0.25) is 9.78 Å². The minimum atomic E-state index is 0.0723. The maximum atomic E-state index is 4.64. The van der Waals surface area contributed by atoms with E-state index in [0.717, 1.165) is 37.3 Å². The third-order valence-corrected chi connectivity index (χ3v) is 4.20. The number of piperidine rings is 1. The molecule has 1 saturated heterocycles. The van der Waals surface area contributed by atoms with Crippen molar-refractivity contribution in [2.45, 2.75) is 25.8 Å². The Hall–Kier alpha value is -1.89. The molecular formula is C14H23N7. The van der Waals surface area contributed by atoms with Crippen LogP contribution in [0.2, 0.25) is 0 Å². The van der Waals surface area contributed by atoms with Crippen LogP contribution < -0.4 is 10.2 Å². The van der Waals surface area contributed by atoms with Crippen LogP contribution in [0.5, 0.6) is 0 Å². The first-order valence-electron chi connectivity index (χ1n) is 7.59. The van der Waals surface area contributed by atoms with Crippen molar-refractivity contribution in [3.05, 3.63) is 24.3 Å². The molecule has 0 saturated carbocycles. The molecule has 1 aliphatic rings. The van der Waals surface area contributed by atoms with E-state index >= 15 is 0 Å². The van der Waals surface area contributed by atoms with E-state index in [9.17, 15) is 0 Å². The number of aromatic nitrogens is 5. The lowest BCUT2D eigenvalue weighted by molar-refractivity contribution is 0.391. The first-order valence-corrected chi connectivity index (χ1v) is 7.59. The molecule has 1 aliphatic heterocycles. The summed E-state index contributed by atoms with van der Waals surface area (Å²) in [6, 6.07) is 1.99. The Kier molecular flexibility index (Phi) is 4.19. The quantitative estimate of drug-likeness (QED) is 0.860. The van der Waals surface area contributed by atoms with Gasteiger partial charge in [0.25, 0.3) is 0 Å². The van der Waals surface area contributed by atoms with Crippen molar-refractivity contribution in [1.82, 2.24) is 30.3 Å². The molecule has 0 aliphatic carbocycles. The molecular weight excluding hydrogens is 266 g/mol. The van der Waals surface area contributed by atoms with E-state index in [-0.39, 0.29) is 6.04 Å². The number of rotatable bonds is 5. The van der Waals surface area contributed by atoms with E-state index in [1.165, 1.54) is 12.8 Å². The fraction of sp³-hybridized carbons (Fsp3) is 0.643. The van der Waals surface area contributed by atoms with Gasteiger partial charge >= 0.3 is 0 Å². The average molecular weight is 289 g/mol. The van der Waals surface area contributed by atoms with Crippen LogP contribution in [-0.4, -0.2) is 51.6 Å². The first kappa shape index (κ1) is 14.1. The van der Waals surface area contributed by atoms with Crippen LogP contribution in [0.1, 0.15) is 31.6 Å². The molecule has 0 bridgehead atoms. The predicted molar refractivity (Wildman–Crippen MR) is 81.3 cm³/mol. The van der Waals surface area contributed by atoms with Gasteiger partial charge < -0.3 is 10.2 Å². The maximum absolute atomic E-state index is 4.64. The van der Waals surface area contributed by atoms with Crippen LogP contribution in [0.3, 0.4) is 0 Å². The molecule has 3 rings (SSSR count). The summed E-state index contributed by atoms with van der Waals surface area (Å²) in [5, 5.41) is 14.9. The zero-order valence-corrected chi connectivity index (χ0v) is 12.7. The van der Waals surface area contributed by atoms with Crippen LogP contribution in [0.4, 0.5) is 5.95 Å². The zero-order chi connectivity index (χ0) is 14.7. The third-order valence-electron chi connectivity index (χ3n) is 4.20. The van der Waals surface area contributed by atoms with Crippen molar-refractivity contribution in [3.8, 4) is 0 Å². The standard InChI is InChI=1S/C14H23N7/c1-11(21-7-3-6-16-21)13-17-14(19-18-13)20-8-4-12(5-9-20)10-15-2/h3,6-7,11-12,15H,4-5,8-10H2,1-2H3,(H,17,18,19). The van der Waals surface area contributed by atoms with E-state index in [0.29, 0.717) is 0 Å². The van der Waals surface area contributed by atoms with Gasteiger partial charge in [0.15, 0.2) is 5.82 Å². The van der Waals surface area contributed by atoms with E-state index in [2.05, 4.69) is 37.4 Å². The van der Waals surface area contributed by atoms with Gasteiger partial charge in [-0.1, -0.05) is 0 Å². The minimum absolute atomic E-state index is 0.0723. The largest absolute Gasteiger partial charge is 0.340 e. The van der Waals surface area contributed by atoms with Gasteiger partial charge in [0.1, 0.15) is 6.04 Å². The second-order valence-corrected chi connectivity index (χ2v) is 5.67. The number of anilines is 1. The molecule has 114 valence electrons. The molecule has 0 aromatic carbocycles. The van der Waals surface area contributed by atoms with Gasteiger partial charge in [-0.15, -0.1) is 5.10 Å². The summed E-state index contributed by atoms with van der Waals surface area (Å²) in [6.07, 6.45) is 6.11. The molecule has 2 aromatic heterocycles. The van der Waals surface area contributed by atoms with Gasteiger partial charge in [0.05, 0.1) is 0 Å². The summed E-state index contributed by atoms with van der Waals surface area (Å²) in [5.74, 6) is 2.44. The molecule has 1 unspecified atom stereocenters. The molecule has 3 heterocycles. The molecule has 1 fully saturated rings. The lowest BCUT2D eigenvalue weighted by atomic mass is 9.97. The van der Waals surface area contributed by atoms with Gasteiger partial charge in [0.2, 0.25) is 5.95 Å². The van der Waals surface area contributed by atoms with Crippen molar-refractivity contribution in [2.75, 3.05) is 31.6 Å². The van der Waals surface area contributed by atoms with E-state index in [4.69, 9.17) is 0 Å². The normalized spacial score (nSPS) is 18.1. The van der Waals surface area contributed by atoms with Crippen molar-refractivity contribution >= 4 is 5.95 Å². The molecule has 2 aromatic rings. The van der Waals surface area contributed by atoms with E-state index in [1.54, 1.807) is 6.20 Å². The van der Waals surface area contributed by atoms with Crippen molar-refractivity contribution in [2.24, 2.45) is 5.92 Å². The summed E-state index contributed by atoms with van der Waals surface area (Å²) < 4.78 is 1.88. The third kappa shape index (κ3) is 3.07. The Morgan fingerprint density at radius 1 is 1.43 bits per heavy atom. The van der Waals surface area contributed by atoms with Gasteiger partial charge in [-0.05, 0) is 45.3 Å². The van der Waals surface area contributed by atoms with Crippen LogP contribution in [0, 0.1) is 5.92 Å². The van der Waals surface area contributed by atoms with Crippen molar-refractivity contribution in [1.29, 1.82) is 0 Å². The van der Waals surface area contributed by atoms with Gasteiger partial charge in [-0.2, -0.15) is 10.1 Å². The topological polar surface area (TPSA) is 74.7 Å². The van der Waals surface area contributed by atoms with Crippen LogP contribution in [0.15, 0.2) is 18.5 Å². The molecule has 7 nitrogen and oxygen atoms in total. The number of nitrogens with one attached hydrogen (secondary N) is 2. The predicted octanol–water partition coefficient (Wildman–Crippen LogP) is 1.05. The SMILES string of the molecule is CNCC1CCN(c2n[nH]c(C(C)n3cccn3)n2)CC1. The number of hydrogen-bond acceptors (Lipinski definition) is 5. The maximum Gasteiger partial charge on any atom is 0.244 e. The summed E-state index contributed by atoms with van der Waals surface area (Å²) in [5.41, 5.74) is 0. The highest BCUT2D eigenvalue weighted by Crippen LogP contribution is 2.21. The van der Waals surface area contributed by atoms with E-state index < -0.39 is 0 Å². The zero-order valence-electron chi connectivity index (χ0n) is 12.7. The second-order valence-electron chi connectivity index (χ2n) is 5.67. The van der Waals surface area contributed by atoms with E-state index in [1.807, 2.05) is 24.0 Å². The lowest BCUT2D eigenvalue weighted by Gasteiger charge is -2.31. The number of aromatic amines is 1. The molecule has 1 atom stereocenters. The fourth-order valence-corrected chi connectivity index (χ4v) is 2.85. The van der Waals surface area contributed by atoms with Crippen LogP contribution >= 0.6 is 0 Å². The number of nitrogens with zero attached hydrogens (tertiary/aromatic N) is 5. The molecule has 0 amide bonds. The molecule has 0 radical (unpaired) electrons. The highest BCUT2D eigenvalue weighted by molar-refractivity contribution is 5.29. The fourth-order valence-electron chi connectivity index (χ4n) is 2.85. The minimum Gasteiger partial charge on any atom is -0.340 e. The highest BCUT2D eigenvalue weighted by Gasteiger charge is 2.22. The van der Waals surface area contributed by atoms with Gasteiger partial charge in [-0.25, -0.2) is 0 Å². The Morgan fingerprint density at radius 3 is 2.90 bits per heavy atom. The summed E-state index contributed by atoms with van der Waals surface area (Å²) in [6.45, 7) is 5.22. The van der Waals surface area contributed by atoms with Gasteiger partial charge in [0, 0.05) is 25.5 Å². The Balaban J connectivity index is 1.63. The molecule has 7 heteroatoms. The first-order chi connectivity index (χ1) is 10.3. The summed E-state index contributed by atoms with van der Waals surface area (Å²) in [4.78, 5) is 6.91. The Morgan fingerprint density at radius 2 is 2.24 bits per heavy atom.